The number of methoxy groups -OCH3 is 1. The second kappa shape index (κ2) is 13.5. The minimum absolute atomic E-state index is 0.0678. The van der Waals surface area contributed by atoms with Gasteiger partial charge in [-0.05, 0) is 60.7 Å². The van der Waals surface area contributed by atoms with E-state index in [0.717, 1.165) is 41.9 Å². The third-order valence-corrected chi connectivity index (χ3v) is 8.20. The number of benzene rings is 3. The number of hydrogen-bond donors (Lipinski definition) is 2. The fraction of sp³-hybridized carbons (Fsp3) is 0.257. The van der Waals surface area contributed by atoms with Gasteiger partial charge >= 0.3 is 12.3 Å². The van der Waals surface area contributed by atoms with Crippen LogP contribution in [0.2, 0.25) is 0 Å². The molecule has 1 aliphatic rings. The number of nitrogens with zero attached hydrogens (tertiary/aromatic N) is 4. The highest BCUT2D eigenvalue weighted by Crippen LogP contribution is 2.43. The first-order chi connectivity index (χ1) is 22.8. The quantitative estimate of drug-likeness (QED) is 0.171. The SMILES string of the molecule is COc1ccc(CNc2nccc(C3(c4nc(-c5cccc(C(F)(F)F)c5)c[nH]4)CCCCN3C(=O)OCc3ccccc3)n2)cc1. The summed E-state index contributed by atoms with van der Waals surface area (Å²) in [6.07, 6.45) is -0.000146. The van der Waals surface area contributed by atoms with E-state index in [1.54, 1.807) is 36.5 Å². The van der Waals surface area contributed by atoms with Crippen molar-refractivity contribution in [3.05, 3.63) is 126 Å². The van der Waals surface area contributed by atoms with E-state index in [0.29, 0.717) is 42.7 Å². The fourth-order valence-corrected chi connectivity index (χ4v) is 5.79. The Hall–Kier alpha value is -5.39. The van der Waals surface area contributed by atoms with Crippen LogP contribution in [0.3, 0.4) is 0 Å². The molecule has 5 aromatic rings. The number of imidazole rings is 1. The average molecular weight is 643 g/mol. The molecule has 3 aromatic carbocycles. The third-order valence-electron chi connectivity index (χ3n) is 8.20. The molecule has 2 N–H and O–H groups in total. The summed E-state index contributed by atoms with van der Waals surface area (Å²) in [6, 6.07) is 23.7. The van der Waals surface area contributed by atoms with E-state index in [4.69, 9.17) is 19.4 Å². The normalized spacial score (nSPS) is 16.5. The number of halogens is 3. The summed E-state index contributed by atoms with van der Waals surface area (Å²) in [6.45, 7) is 0.855. The molecule has 1 fully saturated rings. The number of ether oxygens (including phenoxy) is 2. The van der Waals surface area contributed by atoms with Gasteiger partial charge in [0.25, 0.3) is 0 Å². The summed E-state index contributed by atoms with van der Waals surface area (Å²) in [5, 5.41) is 3.25. The molecule has 0 bridgehead atoms. The molecule has 0 aliphatic carbocycles. The molecule has 1 atom stereocenters. The van der Waals surface area contributed by atoms with Gasteiger partial charge in [0.2, 0.25) is 5.95 Å². The van der Waals surface area contributed by atoms with E-state index in [1.807, 2.05) is 54.6 Å². The highest BCUT2D eigenvalue weighted by Gasteiger charge is 2.49. The van der Waals surface area contributed by atoms with Crippen LogP contribution < -0.4 is 10.1 Å². The number of alkyl halides is 3. The maximum atomic E-state index is 13.9. The molecule has 12 heteroatoms. The number of carbonyl (C=O) groups is 1. The van der Waals surface area contributed by atoms with Gasteiger partial charge < -0.3 is 19.8 Å². The van der Waals surface area contributed by atoms with Crippen LogP contribution in [-0.2, 0) is 29.6 Å². The zero-order chi connectivity index (χ0) is 32.9. The number of H-pyrrole nitrogens is 1. The predicted molar refractivity (Wildman–Crippen MR) is 169 cm³/mol. The Morgan fingerprint density at radius 1 is 0.979 bits per heavy atom. The van der Waals surface area contributed by atoms with Crippen molar-refractivity contribution in [1.82, 2.24) is 24.8 Å². The van der Waals surface area contributed by atoms with E-state index in [-0.39, 0.29) is 12.2 Å². The largest absolute Gasteiger partial charge is 0.497 e. The summed E-state index contributed by atoms with van der Waals surface area (Å²) in [5.41, 5.74) is 0.908. The molecule has 242 valence electrons. The van der Waals surface area contributed by atoms with Gasteiger partial charge in [0.1, 0.15) is 23.7 Å². The van der Waals surface area contributed by atoms with Crippen molar-refractivity contribution in [2.45, 2.75) is 44.1 Å². The number of nitrogens with one attached hydrogen (secondary N) is 2. The standard InChI is InChI=1S/C35H33F3N6O3/c1-46-28-14-12-24(13-15-28)21-41-32-39-18-16-30(43-32)34(17-5-6-19-44(34)33(45)47-23-25-8-3-2-4-9-25)31-40-22-29(42-31)26-10-7-11-27(20-26)35(36,37)38/h2-4,7-16,18,20,22H,5-6,17,19,21,23H2,1H3,(H,40,42)(H,39,41,43). The van der Waals surface area contributed by atoms with Crippen LogP contribution in [0.1, 0.15) is 47.5 Å². The van der Waals surface area contributed by atoms with Gasteiger partial charge in [-0.25, -0.2) is 19.7 Å². The number of amides is 1. The second-order valence-corrected chi connectivity index (χ2v) is 11.2. The maximum Gasteiger partial charge on any atom is 0.416 e. The summed E-state index contributed by atoms with van der Waals surface area (Å²) < 4.78 is 51.6. The van der Waals surface area contributed by atoms with Crippen molar-refractivity contribution in [2.24, 2.45) is 0 Å². The summed E-state index contributed by atoms with van der Waals surface area (Å²) in [5.74, 6) is 1.44. The number of carbonyl (C=O) groups excluding carboxylic acids is 1. The van der Waals surface area contributed by atoms with Gasteiger partial charge in [-0.3, -0.25) is 4.90 Å². The monoisotopic (exact) mass is 642 g/mol. The molecule has 1 aliphatic heterocycles. The molecule has 0 radical (unpaired) electrons. The number of likely N-dealkylation sites (tertiary alicyclic amines) is 1. The van der Waals surface area contributed by atoms with Crippen molar-refractivity contribution in [2.75, 3.05) is 19.0 Å². The van der Waals surface area contributed by atoms with E-state index in [9.17, 15) is 18.0 Å². The second-order valence-electron chi connectivity index (χ2n) is 11.2. The lowest BCUT2D eigenvalue weighted by molar-refractivity contribution is -0.137. The Kier molecular flexibility index (Phi) is 9.10. The molecule has 9 nitrogen and oxygen atoms in total. The van der Waals surface area contributed by atoms with Gasteiger partial charge in [-0.15, -0.1) is 0 Å². The van der Waals surface area contributed by atoms with E-state index < -0.39 is 23.4 Å². The average Bonchev–Trinajstić information content (AvgIpc) is 3.61. The van der Waals surface area contributed by atoms with Crippen molar-refractivity contribution in [1.29, 1.82) is 0 Å². The van der Waals surface area contributed by atoms with Gasteiger partial charge in [0.15, 0.2) is 0 Å². The Morgan fingerprint density at radius 2 is 1.79 bits per heavy atom. The third kappa shape index (κ3) is 6.91. The first kappa shape index (κ1) is 31.6. The van der Waals surface area contributed by atoms with Gasteiger partial charge in [0.05, 0.1) is 24.1 Å². The summed E-state index contributed by atoms with van der Waals surface area (Å²) in [4.78, 5) is 32.8. The molecule has 6 rings (SSSR count). The van der Waals surface area contributed by atoms with Crippen LogP contribution in [0, 0.1) is 0 Å². The summed E-state index contributed by atoms with van der Waals surface area (Å²) in [7, 11) is 1.61. The molecule has 1 saturated heterocycles. The topological polar surface area (TPSA) is 105 Å². The van der Waals surface area contributed by atoms with Gasteiger partial charge in [-0.1, -0.05) is 54.6 Å². The first-order valence-electron chi connectivity index (χ1n) is 15.2. The van der Waals surface area contributed by atoms with Crippen LogP contribution in [0.15, 0.2) is 97.3 Å². The van der Waals surface area contributed by atoms with E-state index in [1.165, 1.54) is 6.07 Å². The minimum atomic E-state index is -4.50. The lowest BCUT2D eigenvalue weighted by atomic mass is 9.82. The molecule has 3 heterocycles. The fourth-order valence-electron chi connectivity index (χ4n) is 5.79. The molecule has 0 saturated carbocycles. The molecular weight excluding hydrogens is 609 g/mol. The highest BCUT2D eigenvalue weighted by molar-refractivity contribution is 5.70. The number of rotatable bonds is 9. The van der Waals surface area contributed by atoms with Gasteiger partial charge in [-0.2, -0.15) is 13.2 Å². The van der Waals surface area contributed by atoms with Crippen molar-refractivity contribution in [3.63, 3.8) is 0 Å². The predicted octanol–water partition coefficient (Wildman–Crippen LogP) is 7.57. The molecule has 47 heavy (non-hydrogen) atoms. The van der Waals surface area contributed by atoms with Crippen LogP contribution in [-0.4, -0.2) is 44.6 Å². The molecule has 2 aromatic heterocycles. The zero-order valence-corrected chi connectivity index (χ0v) is 25.6. The maximum absolute atomic E-state index is 13.9. The number of piperidine rings is 1. The lowest BCUT2D eigenvalue weighted by Gasteiger charge is -2.44. The zero-order valence-electron chi connectivity index (χ0n) is 25.6. The van der Waals surface area contributed by atoms with Crippen LogP contribution in [0.4, 0.5) is 23.9 Å². The van der Waals surface area contributed by atoms with Crippen molar-refractivity contribution in [3.8, 4) is 17.0 Å². The van der Waals surface area contributed by atoms with Crippen LogP contribution in [0.25, 0.3) is 11.3 Å². The van der Waals surface area contributed by atoms with Gasteiger partial charge in [0, 0.05) is 31.0 Å². The molecular formula is C35H33F3N6O3. The Labute approximate surface area is 269 Å². The van der Waals surface area contributed by atoms with Crippen molar-refractivity contribution >= 4 is 12.0 Å². The Balaban J connectivity index is 1.37. The lowest BCUT2D eigenvalue weighted by Crippen LogP contribution is -2.54. The van der Waals surface area contributed by atoms with Crippen LogP contribution >= 0.6 is 0 Å². The molecule has 1 amide bonds. The minimum Gasteiger partial charge on any atom is -0.497 e. The smallest absolute Gasteiger partial charge is 0.416 e. The van der Waals surface area contributed by atoms with Crippen LogP contribution in [0.5, 0.6) is 5.75 Å². The molecule has 0 spiro atoms. The number of anilines is 1. The Bertz CT molecular complexity index is 1810. The molecule has 1 unspecified atom stereocenters. The number of hydrogen-bond acceptors (Lipinski definition) is 7. The van der Waals surface area contributed by atoms with E-state index in [2.05, 4.69) is 15.3 Å². The number of aromatic amines is 1. The Morgan fingerprint density at radius 3 is 2.55 bits per heavy atom. The van der Waals surface area contributed by atoms with E-state index >= 15 is 0 Å². The highest BCUT2D eigenvalue weighted by atomic mass is 19.4. The summed E-state index contributed by atoms with van der Waals surface area (Å²) >= 11 is 0. The first-order valence-corrected chi connectivity index (χ1v) is 15.2. The van der Waals surface area contributed by atoms with Crippen molar-refractivity contribution < 1.29 is 27.4 Å². The number of aromatic nitrogens is 4.